The van der Waals surface area contributed by atoms with Gasteiger partial charge in [-0.25, -0.2) is 4.98 Å². The number of hydrogen-bond acceptors (Lipinski definition) is 3. The maximum atomic E-state index is 12.0. The second-order valence-electron chi connectivity index (χ2n) is 3.79. The molecule has 0 aliphatic rings. The van der Waals surface area contributed by atoms with E-state index < -0.39 is 0 Å². The van der Waals surface area contributed by atoms with Gasteiger partial charge in [0.1, 0.15) is 5.69 Å². The van der Waals surface area contributed by atoms with E-state index in [9.17, 15) is 4.79 Å². The number of carbonyl (C=O) groups is 1. The van der Waals surface area contributed by atoms with Crippen molar-refractivity contribution in [2.45, 2.75) is 0 Å². The second kappa shape index (κ2) is 4.29. The smallest absolute Gasteiger partial charge is 0.275 e. The Kier molecular flexibility index (Phi) is 2.49. The van der Waals surface area contributed by atoms with Crippen molar-refractivity contribution in [3.8, 4) is 0 Å². The highest BCUT2D eigenvalue weighted by atomic mass is 16.1. The summed E-state index contributed by atoms with van der Waals surface area (Å²) >= 11 is 0. The maximum absolute atomic E-state index is 12.0. The summed E-state index contributed by atoms with van der Waals surface area (Å²) in [6.07, 6.45) is 6.30. The van der Waals surface area contributed by atoms with Crippen molar-refractivity contribution in [3.63, 3.8) is 0 Å². The fourth-order valence-electron chi connectivity index (χ4n) is 1.80. The first kappa shape index (κ1) is 10.5. The molecule has 88 valence electrons. The molecule has 0 saturated heterocycles. The molecule has 1 amide bonds. The lowest BCUT2D eigenvalue weighted by atomic mass is 10.2. The molecule has 3 aromatic rings. The van der Waals surface area contributed by atoms with Gasteiger partial charge < -0.3 is 10.3 Å². The molecule has 5 nitrogen and oxygen atoms in total. The number of nitrogens with zero attached hydrogens (tertiary/aromatic N) is 2. The molecule has 3 rings (SSSR count). The summed E-state index contributed by atoms with van der Waals surface area (Å²) in [5.74, 6) is -0.267. The Morgan fingerprint density at radius 1 is 1.22 bits per heavy atom. The van der Waals surface area contributed by atoms with Gasteiger partial charge in [0.2, 0.25) is 0 Å². The third-order valence-electron chi connectivity index (χ3n) is 2.64. The minimum Gasteiger partial charge on any atom is -0.361 e. The highest BCUT2D eigenvalue weighted by Gasteiger charge is 2.09. The molecular weight excluding hydrogens is 228 g/mol. The lowest BCUT2D eigenvalue weighted by Gasteiger charge is -2.05. The molecule has 0 unspecified atom stereocenters. The Morgan fingerprint density at radius 3 is 3.00 bits per heavy atom. The summed E-state index contributed by atoms with van der Waals surface area (Å²) in [7, 11) is 0. The Hall–Kier alpha value is -2.69. The van der Waals surface area contributed by atoms with Crippen LogP contribution in [-0.4, -0.2) is 20.9 Å². The van der Waals surface area contributed by atoms with Crippen molar-refractivity contribution >= 4 is 22.5 Å². The van der Waals surface area contributed by atoms with Crippen molar-refractivity contribution in [2.75, 3.05) is 5.32 Å². The van der Waals surface area contributed by atoms with Crippen LogP contribution in [0.3, 0.4) is 0 Å². The number of rotatable bonds is 2. The summed E-state index contributed by atoms with van der Waals surface area (Å²) in [5, 5.41) is 3.79. The number of aromatic nitrogens is 3. The van der Waals surface area contributed by atoms with Crippen molar-refractivity contribution in [3.05, 3.63) is 54.7 Å². The summed E-state index contributed by atoms with van der Waals surface area (Å²) < 4.78 is 0. The third kappa shape index (κ3) is 1.82. The number of nitrogens with one attached hydrogen (secondary N) is 2. The first-order chi connectivity index (χ1) is 8.84. The number of amides is 1. The van der Waals surface area contributed by atoms with Crippen molar-refractivity contribution in [2.24, 2.45) is 0 Å². The van der Waals surface area contributed by atoms with Gasteiger partial charge in [0.05, 0.1) is 11.9 Å². The molecule has 0 spiro atoms. The van der Waals surface area contributed by atoms with Crippen molar-refractivity contribution in [1.82, 2.24) is 15.0 Å². The van der Waals surface area contributed by atoms with Crippen LogP contribution in [0.5, 0.6) is 0 Å². The van der Waals surface area contributed by atoms with Gasteiger partial charge in [0.25, 0.3) is 5.91 Å². The normalized spacial score (nSPS) is 10.4. The zero-order valence-electron chi connectivity index (χ0n) is 9.42. The zero-order valence-corrected chi connectivity index (χ0v) is 9.42. The first-order valence-corrected chi connectivity index (χ1v) is 5.48. The van der Waals surface area contributed by atoms with Crippen molar-refractivity contribution < 1.29 is 4.79 Å². The lowest BCUT2D eigenvalue weighted by Crippen LogP contribution is -2.13. The van der Waals surface area contributed by atoms with Gasteiger partial charge in [-0.1, -0.05) is 6.07 Å². The largest absolute Gasteiger partial charge is 0.361 e. The van der Waals surface area contributed by atoms with Gasteiger partial charge in [0, 0.05) is 29.5 Å². The molecule has 1 aromatic carbocycles. The van der Waals surface area contributed by atoms with Crippen LogP contribution in [0.25, 0.3) is 10.9 Å². The topological polar surface area (TPSA) is 70.7 Å². The first-order valence-electron chi connectivity index (χ1n) is 5.48. The number of carbonyl (C=O) groups excluding carboxylic acids is 1. The standard InChI is InChI=1S/C13H10N4O/c18-13(12-8-14-6-7-16-12)17-11-3-1-2-10-9(11)4-5-15-10/h1-8,15H,(H,17,18). The highest BCUT2D eigenvalue weighted by Crippen LogP contribution is 2.22. The molecule has 0 aliphatic carbocycles. The molecule has 5 heteroatoms. The highest BCUT2D eigenvalue weighted by molar-refractivity contribution is 6.07. The van der Waals surface area contributed by atoms with Gasteiger partial charge in [-0.05, 0) is 18.2 Å². The zero-order chi connectivity index (χ0) is 12.4. The van der Waals surface area contributed by atoms with E-state index in [1.54, 1.807) is 0 Å². The van der Waals surface area contributed by atoms with Crippen LogP contribution in [0.1, 0.15) is 10.5 Å². The summed E-state index contributed by atoms with van der Waals surface area (Å²) in [6, 6.07) is 7.60. The van der Waals surface area contributed by atoms with E-state index >= 15 is 0 Å². The molecule has 0 radical (unpaired) electrons. The number of hydrogen-bond donors (Lipinski definition) is 2. The number of H-pyrrole nitrogens is 1. The number of anilines is 1. The predicted molar refractivity (Wildman–Crippen MR) is 68.3 cm³/mol. The summed E-state index contributed by atoms with van der Waals surface area (Å²) in [5.41, 5.74) is 2.03. The van der Waals surface area contributed by atoms with Gasteiger partial charge >= 0.3 is 0 Å². The Bertz CT molecular complexity index is 690. The monoisotopic (exact) mass is 238 g/mol. The Labute approximate surface area is 103 Å². The third-order valence-corrected chi connectivity index (χ3v) is 2.64. The SMILES string of the molecule is O=C(Nc1cccc2[nH]ccc12)c1cnccn1. The van der Waals surface area contributed by atoms with Gasteiger partial charge in [-0.15, -0.1) is 0 Å². The molecule has 0 bridgehead atoms. The molecule has 18 heavy (non-hydrogen) atoms. The van der Waals surface area contributed by atoms with Crippen LogP contribution in [0.2, 0.25) is 0 Å². The summed E-state index contributed by atoms with van der Waals surface area (Å²) in [6.45, 7) is 0. The fourth-order valence-corrected chi connectivity index (χ4v) is 1.80. The minimum absolute atomic E-state index is 0.267. The van der Waals surface area contributed by atoms with E-state index in [0.29, 0.717) is 5.69 Å². The van der Waals surface area contributed by atoms with E-state index in [-0.39, 0.29) is 5.91 Å². The van der Waals surface area contributed by atoms with Crippen molar-refractivity contribution in [1.29, 1.82) is 0 Å². The molecular formula is C13H10N4O. The van der Waals surface area contributed by atoms with Gasteiger partial charge in [-0.3, -0.25) is 9.78 Å². The van der Waals surface area contributed by atoms with Gasteiger partial charge in [0.15, 0.2) is 0 Å². The lowest BCUT2D eigenvalue weighted by molar-refractivity contribution is 0.102. The average molecular weight is 238 g/mol. The minimum atomic E-state index is -0.267. The van der Waals surface area contributed by atoms with Crippen LogP contribution in [0.15, 0.2) is 49.1 Å². The van der Waals surface area contributed by atoms with E-state index in [0.717, 1.165) is 16.6 Å². The van der Waals surface area contributed by atoms with E-state index in [2.05, 4.69) is 20.3 Å². The molecule has 0 saturated carbocycles. The van der Waals surface area contributed by atoms with E-state index in [1.165, 1.54) is 18.6 Å². The fraction of sp³-hybridized carbons (Fsp3) is 0. The molecule has 0 fully saturated rings. The van der Waals surface area contributed by atoms with Crippen LogP contribution < -0.4 is 5.32 Å². The predicted octanol–water partition coefficient (Wildman–Crippen LogP) is 2.21. The molecule has 2 N–H and O–H groups in total. The molecule has 2 aromatic heterocycles. The molecule has 0 atom stereocenters. The number of benzene rings is 1. The Balaban J connectivity index is 1.93. The van der Waals surface area contributed by atoms with Crippen LogP contribution in [0, 0.1) is 0 Å². The molecule has 0 aliphatic heterocycles. The second-order valence-corrected chi connectivity index (χ2v) is 3.79. The number of fused-ring (bicyclic) bond motifs is 1. The number of aromatic amines is 1. The van der Waals surface area contributed by atoms with E-state index in [1.807, 2.05) is 30.5 Å². The van der Waals surface area contributed by atoms with Crippen LogP contribution in [0.4, 0.5) is 5.69 Å². The maximum Gasteiger partial charge on any atom is 0.275 e. The van der Waals surface area contributed by atoms with Crippen LogP contribution in [-0.2, 0) is 0 Å². The summed E-state index contributed by atoms with van der Waals surface area (Å²) in [4.78, 5) is 22.9. The average Bonchev–Trinajstić information content (AvgIpc) is 2.89. The quantitative estimate of drug-likeness (QED) is 0.719. The van der Waals surface area contributed by atoms with E-state index in [4.69, 9.17) is 0 Å². The van der Waals surface area contributed by atoms with Gasteiger partial charge in [-0.2, -0.15) is 0 Å². The van der Waals surface area contributed by atoms with Crippen LogP contribution >= 0.6 is 0 Å². The molecule has 2 heterocycles. The Morgan fingerprint density at radius 2 is 2.17 bits per heavy atom.